The molecule has 5 nitrogen and oxygen atoms in total. The van der Waals surface area contributed by atoms with Crippen molar-refractivity contribution in [2.45, 2.75) is 13.3 Å². The van der Waals surface area contributed by atoms with E-state index in [0.717, 1.165) is 4.70 Å². The zero-order valence-corrected chi connectivity index (χ0v) is 17.5. The van der Waals surface area contributed by atoms with Crippen molar-refractivity contribution in [2.75, 3.05) is 25.9 Å². The Morgan fingerprint density at radius 3 is 2.56 bits per heavy atom. The van der Waals surface area contributed by atoms with E-state index in [1.807, 2.05) is 0 Å². The largest absolute Gasteiger partial charge is 0.351 e. The fraction of sp³-hybridized carbons (Fsp3) is 0.400. The Hall–Kier alpha value is -0.570. The number of rotatable bonds is 7. The lowest BCUT2D eigenvalue weighted by molar-refractivity contribution is 0.0957. The Labute approximate surface area is 165 Å². The van der Waals surface area contributed by atoms with Gasteiger partial charge in [-0.05, 0) is 18.6 Å². The Kier molecular flexibility index (Phi) is 6.98. The summed E-state index contributed by atoms with van der Waals surface area (Å²) >= 11 is 19.6. The highest BCUT2D eigenvalue weighted by Gasteiger charge is 2.20. The average molecular weight is 444 g/mol. The Morgan fingerprint density at radius 1 is 1.28 bits per heavy atom. The summed E-state index contributed by atoms with van der Waals surface area (Å²) in [7, 11) is -3.23. The van der Waals surface area contributed by atoms with E-state index in [9.17, 15) is 13.2 Å². The topological polar surface area (TPSA) is 66.5 Å². The van der Waals surface area contributed by atoms with Crippen LogP contribution in [0.4, 0.5) is 0 Å². The normalized spacial score (nSPS) is 12.1. The van der Waals surface area contributed by atoms with Gasteiger partial charge in [-0.15, -0.1) is 11.3 Å². The van der Waals surface area contributed by atoms with Crippen molar-refractivity contribution >= 4 is 72.2 Å². The average Bonchev–Trinajstić information content (AvgIpc) is 2.82. The standard InChI is InChI=1S/C15H17Cl3N2O3S2/c1-3-20(25(2,22)23)6-4-5-19-15(21)14-13(18)12-10(17)7-9(16)8-11(12)24-14/h7-8H,3-6H2,1-2H3,(H,19,21). The van der Waals surface area contributed by atoms with Crippen LogP contribution in [0.15, 0.2) is 12.1 Å². The zero-order chi connectivity index (χ0) is 18.8. The van der Waals surface area contributed by atoms with Crippen LogP contribution < -0.4 is 5.32 Å². The molecule has 0 atom stereocenters. The van der Waals surface area contributed by atoms with Gasteiger partial charge in [0.25, 0.3) is 5.91 Å². The second kappa shape index (κ2) is 8.41. The molecule has 0 saturated carbocycles. The molecule has 0 aliphatic rings. The van der Waals surface area contributed by atoms with E-state index in [4.69, 9.17) is 34.8 Å². The lowest BCUT2D eigenvalue weighted by atomic mass is 10.2. The van der Waals surface area contributed by atoms with Gasteiger partial charge in [0, 0.05) is 34.7 Å². The first kappa shape index (κ1) is 20.7. The predicted molar refractivity (Wildman–Crippen MR) is 106 cm³/mol. The number of nitrogens with one attached hydrogen (secondary N) is 1. The maximum Gasteiger partial charge on any atom is 0.262 e. The molecule has 10 heteroatoms. The lowest BCUT2D eigenvalue weighted by Gasteiger charge is -2.17. The monoisotopic (exact) mass is 442 g/mol. The number of thiophene rings is 1. The molecular formula is C15H17Cl3N2O3S2. The minimum absolute atomic E-state index is 0.297. The van der Waals surface area contributed by atoms with E-state index < -0.39 is 10.0 Å². The maximum absolute atomic E-state index is 12.3. The van der Waals surface area contributed by atoms with Crippen molar-refractivity contribution in [2.24, 2.45) is 0 Å². The number of hydrogen-bond acceptors (Lipinski definition) is 4. The van der Waals surface area contributed by atoms with Crippen molar-refractivity contribution in [3.63, 3.8) is 0 Å². The summed E-state index contributed by atoms with van der Waals surface area (Å²) in [6.45, 7) is 2.85. The number of halogens is 3. The van der Waals surface area contributed by atoms with Crippen LogP contribution >= 0.6 is 46.1 Å². The third-order valence-corrected chi connectivity index (χ3v) is 7.07. The lowest BCUT2D eigenvalue weighted by Crippen LogP contribution is -2.33. The number of amides is 1. The molecule has 0 unspecified atom stereocenters. The van der Waals surface area contributed by atoms with Gasteiger partial charge in [0.2, 0.25) is 10.0 Å². The summed E-state index contributed by atoms with van der Waals surface area (Å²) < 4.78 is 25.1. The van der Waals surface area contributed by atoms with Crippen molar-refractivity contribution in [1.82, 2.24) is 9.62 Å². The molecule has 0 aliphatic heterocycles. The van der Waals surface area contributed by atoms with E-state index in [2.05, 4.69) is 5.32 Å². The molecule has 0 saturated heterocycles. The third kappa shape index (κ3) is 4.99. The van der Waals surface area contributed by atoms with Crippen LogP contribution in [-0.4, -0.2) is 44.5 Å². The SMILES string of the molecule is CCN(CCCNC(=O)c1sc2cc(Cl)cc(Cl)c2c1Cl)S(C)(=O)=O. The quantitative estimate of drug-likeness (QED) is 0.650. The van der Waals surface area contributed by atoms with E-state index in [-0.39, 0.29) is 5.91 Å². The second-order valence-electron chi connectivity index (χ2n) is 5.37. The molecule has 1 N–H and O–H groups in total. The first-order chi connectivity index (χ1) is 11.6. The molecule has 0 spiro atoms. The van der Waals surface area contributed by atoms with Gasteiger partial charge >= 0.3 is 0 Å². The molecular weight excluding hydrogens is 427 g/mol. The van der Waals surface area contributed by atoms with Crippen LogP contribution in [-0.2, 0) is 10.0 Å². The molecule has 0 fully saturated rings. The fourth-order valence-electron chi connectivity index (χ4n) is 2.35. The Bertz CT molecular complexity index is 897. The Balaban J connectivity index is 2.03. The number of nitrogens with zero attached hydrogens (tertiary/aromatic N) is 1. The van der Waals surface area contributed by atoms with Crippen LogP contribution in [0.3, 0.4) is 0 Å². The number of sulfonamides is 1. The fourth-order valence-corrected chi connectivity index (χ4v) is 5.58. The minimum Gasteiger partial charge on any atom is -0.351 e. The molecule has 1 aromatic carbocycles. The van der Waals surface area contributed by atoms with Crippen LogP contribution in [0, 0.1) is 0 Å². The Morgan fingerprint density at radius 2 is 1.96 bits per heavy atom. The molecule has 1 aromatic heterocycles. The molecule has 0 radical (unpaired) electrons. The van der Waals surface area contributed by atoms with Gasteiger partial charge < -0.3 is 5.32 Å². The van der Waals surface area contributed by atoms with Gasteiger partial charge in [-0.2, -0.15) is 0 Å². The molecule has 0 aliphatic carbocycles. The van der Waals surface area contributed by atoms with Gasteiger partial charge in [-0.25, -0.2) is 12.7 Å². The molecule has 25 heavy (non-hydrogen) atoms. The van der Waals surface area contributed by atoms with Gasteiger partial charge in [0.15, 0.2) is 0 Å². The highest BCUT2D eigenvalue weighted by atomic mass is 35.5. The molecule has 2 aromatic rings. The first-order valence-corrected chi connectivity index (χ1v) is 11.2. The molecule has 2 rings (SSSR count). The highest BCUT2D eigenvalue weighted by Crippen LogP contribution is 2.41. The van der Waals surface area contributed by atoms with Gasteiger partial charge in [-0.1, -0.05) is 41.7 Å². The smallest absolute Gasteiger partial charge is 0.262 e. The van der Waals surface area contributed by atoms with Crippen molar-refractivity contribution in [3.05, 3.63) is 32.1 Å². The summed E-state index contributed by atoms with van der Waals surface area (Å²) in [5.41, 5.74) is 0. The number of hydrogen-bond donors (Lipinski definition) is 1. The van der Waals surface area contributed by atoms with Crippen molar-refractivity contribution in [1.29, 1.82) is 0 Å². The van der Waals surface area contributed by atoms with Crippen LogP contribution in [0.5, 0.6) is 0 Å². The van der Waals surface area contributed by atoms with Gasteiger partial charge in [-0.3, -0.25) is 4.79 Å². The third-order valence-electron chi connectivity index (χ3n) is 3.55. The maximum atomic E-state index is 12.3. The number of fused-ring (bicyclic) bond motifs is 1. The highest BCUT2D eigenvalue weighted by molar-refractivity contribution is 7.88. The predicted octanol–water partition coefficient (Wildman–Crippen LogP) is 4.26. The van der Waals surface area contributed by atoms with E-state index in [0.29, 0.717) is 51.4 Å². The summed E-state index contributed by atoms with van der Waals surface area (Å²) in [5, 5.41) is 4.53. The van der Waals surface area contributed by atoms with Gasteiger partial charge in [0.05, 0.1) is 16.3 Å². The number of carbonyl (C=O) groups excluding carboxylic acids is 1. The molecule has 138 valence electrons. The minimum atomic E-state index is -3.23. The number of benzene rings is 1. The van der Waals surface area contributed by atoms with E-state index >= 15 is 0 Å². The second-order valence-corrected chi connectivity index (χ2v) is 9.63. The zero-order valence-electron chi connectivity index (χ0n) is 13.6. The van der Waals surface area contributed by atoms with E-state index in [1.165, 1.54) is 21.9 Å². The molecule has 1 amide bonds. The summed E-state index contributed by atoms with van der Waals surface area (Å²) in [6.07, 6.45) is 1.67. The number of carbonyl (C=O) groups is 1. The van der Waals surface area contributed by atoms with Crippen LogP contribution in [0.1, 0.15) is 23.0 Å². The summed E-state index contributed by atoms with van der Waals surface area (Å²) in [4.78, 5) is 12.7. The first-order valence-electron chi connectivity index (χ1n) is 7.45. The summed E-state index contributed by atoms with van der Waals surface area (Å²) in [5.74, 6) is -0.319. The van der Waals surface area contributed by atoms with Gasteiger partial charge in [0.1, 0.15) is 4.88 Å². The van der Waals surface area contributed by atoms with Crippen molar-refractivity contribution in [3.8, 4) is 0 Å². The van der Waals surface area contributed by atoms with E-state index in [1.54, 1.807) is 19.1 Å². The van der Waals surface area contributed by atoms with Crippen molar-refractivity contribution < 1.29 is 13.2 Å². The van der Waals surface area contributed by atoms with Crippen LogP contribution in [0.25, 0.3) is 10.1 Å². The van der Waals surface area contributed by atoms with Crippen LogP contribution in [0.2, 0.25) is 15.1 Å². The molecule has 0 bridgehead atoms. The summed E-state index contributed by atoms with van der Waals surface area (Å²) in [6, 6.07) is 3.29. The molecule has 1 heterocycles.